The van der Waals surface area contributed by atoms with Crippen LogP contribution in [0.2, 0.25) is 5.02 Å². The minimum atomic E-state index is 0.532. The first-order valence-corrected chi connectivity index (χ1v) is 7.22. The van der Waals surface area contributed by atoms with E-state index in [4.69, 9.17) is 11.6 Å². The number of anilines is 1. The Bertz CT molecular complexity index is 480. The van der Waals surface area contributed by atoms with Crippen molar-refractivity contribution >= 4 is 17.3 Å². The van der Waals surface area contributed by atoms with Gasteiger partial charge < -0.3 is 5.32 Å². The van der Waals surface area contributed by atoms with Gasteiger partial charge in [-0.05, 0) is 68.2 Å². The van der Waals surface area contributed by atoms with E-state index in [2.05, 4.69) is 37.4 Å². The summed E-state index contributed by atoms with van der Waals surface area (Å²) in [4.78, 5) is 0. The molecule has 96 valence electrons. The molecule has 1 saturated carbocycles. The molecule has 0 aromatic heterocycles. The highest BCUT2D eigenvalue weighted by Crippen LogP contribution is 2.45. The summed E-state index contributed by atoms with van der Waals surface area (Å²) in [6.45, 7) is 4.43. The maximum absolute atomic E-state index is 6.00. The monoisotopic (exact) mass is 261 g/mol. The molecule has 4 unspecified atom stereocenters. The number of aryl methyl sites for hydroxylation is 1. The first kappa shape index (κ1) is 12.1. The lowest BCUT2D eigenvalue weighted by molar-refractivity contribution is 0.400. The van der Waals surface area contributed by atoms with Crippen LogP contribution in [0, 0.1) is 24.7 Å². The Morgan fingerprint density at radius 2 is 2.11 bits per heavy atom. The van der Waals surface area contributed by atoms with Crippen LogP contribution in [0.15, 0.2) is 30.4 Å². The average Bonchev–Trinajstić information content (AvgIpc) is 2.94. The van der Waals surface area contributed by atoms with Crippen molar-refractivity contribution in [2.45, 2.75) is 32.7 Å². The van der Waals surface area contributed by atoms with Crippen LogP contribution in [0.25, 0.3) is 0 Å². The second-order valence-electron chi connectivity index (χ2n) is 5.84. The largest absolute Gasteiger partial charge is 0.382 e. The summed E-state index contributed by atoms with van der Waals surface area (Å²) in [6.07, 6.45) is 7.55. The average molecular weight is 262 g/mol. The van der Waals surface area contributed by atoms with E-state index in [1.807, 2.05) is 12.1 Å². The van der Waals surface area contributed by atoms with Gasteiger partial charge >= 0.3 is 0 Å². The Morgan fingerprint density at radius 3 is 2.72 bits per heavy atom. The molecule has 0 radical (unpaired) electrons. The van der Waals surface area contributed by atoms with Crippen molar-refractivity contribution in [3.63, 3.8) is 0 Å². The van der Waals surface area contributed by atoms with Crippen LogP contribution >= 0.6 is 11.6 Å². The summed E-state index contributed by atoms with van der Waals surface area (Å²) < 4.78 is 0. The second-order valence-corrected chi connectivity index (χ2v) is 6.27. The standard InChI is InChI=1S/C16H20ClN/c1-10-7-14(17)5-6-16(10)18-11(2)15-9-12-3-4-13(15)8-12/h3-7,11-13,15,18H,8-9H2,1-2H3. The number of hydrogen-bond acceptors (Lipinski definition) is 1. The van der Waals surface area contributed by atoms with Crippen molar-refractivity contribution in [2.24, 2.45) is 17.8 Å². The molecule has 18 heavy (non-hydrogen) atoms. The number of allylic oxidation sites excluding steroid dienone is 2. The summed E-state index contributed by atoms with van der Waals surface area (Å²) in [5.74, 6) is 2.43. The van der Waals surface area contributed by atoms with Crippen LogP contribution in [0.5, 0.6) is 0 Å². The quantitative estimate of drug-likeness (QED) is 0.781. The number of halogens is 1. The molecule has 2 aliphatic carbocycles. The maximum Gasteiger partial charge on any atom is 0.0410 e. The van der Waals surface area contributed by atoms with E-state index in [-0.39, 0.29) is 0 Å². The lowest BCUT2D eigenvalue weighted by Crippen LogP contribution is -2.29. The van der Waals surface area contributed by atoms with Crippen LogP contribution in [-0.4, -0.2) is 6.04 Å². The molecular formula is C16H20ClN. The van der Waals surface area contributed by atoms with Gasteiger partial charge in [0.2, 0.25) is 0 Å². The first-order chi connectivity index (χ1) is 8.63. The van der Waals surface area contributed by atoms with Crippen molar-refractivity contribution in [3.05, 3.63) is 40.9 Å². The van der Waals surface area contributed by atoms with Crippen LogP contribution in [0.1, 0.15) is 25.3 Å². The fourth-order valence-electron chi connectivity index (χ4n) is 3.54. The molecule has 2 aliphatic rings. The van der Waals surface area contributed by atoms with E-state index in [0.29, 0.717) is 6.04 Å². The SMILES string of the molecule is Cc1cc(Cl)ccc1NC(C)C1CC2C=CC1C2. The number of nitrogens with one attached hydrogen (secondary N) is 1. The third-order valence-electron chi connectivity index (χ3n) is 4.54. The van der Waals surface area contributed by atoms with E-state index in [9.17, 15) is 0 Å². The third kappa shape index (κ3) is 2.16. The Kier molecular flexibility index (Phi) is 3.11. The van der Waals surface area contributed by atoms with Gasteiger partial charge in [-0.25, -0.2) is 0 Å². The van der Waals surface area contributed by atoms with Crippen LogP contribution in [-0.2, 0) is 0 Å². The van der Waals surface area contributed by atoms with Gasteiger partial charge in [0.25, 0.3) is 0 Å². The molecule has 1 aromatic carbocycles. The molecule has 2 heteroatoms. The van der Waals surface area contributed by atoms with Crippen molar-refractivity contribution in [1.82, 2.24) is 0 Å². The lowest BCUT2D eigenvalue weighted by Gasteiger charge is -2.27. The molecule has 0 heterocycles. The van der Waals surface area contributed by atoms with Gasteiger partial charge in [0.05, 0.1) is 0 Å². The summed E-state index contributed by atoms with van der Waals surface area (Å²) >= 11 is 6.00. The highest BCUT2D eigenvalue weighted by Gasteiger charge is 2.38. The molecule has 1 fully saturated rings. The van der Waals surface area contributed by atoms with Gasteiger partial charge in [-0.3, -0.25) is 0 Å². The minimum Gasteiger partial charge on any atom is -0.382 e. The molecule has 0 aliphatic heterocycles. The zero-order valence-electron chi connectivity index (χ0n) is 11.0. The summed E-state index contributed by atoms with van der Waals surface area (Å²) in [5, 5.41) is 4.49. The molecule has 1 nitrogen and oxygen atoms in total. The smallest absolute Gasteiger partial charge is 0.0410 e. The van der Waals surface area contributed by atoms with E-state index < -0.39 is 0 Å². The van der Waals surface area contributed by atoms with Crippen LogP contribution < -0.4 is 5.32 Å². The van der Waals surface area contributed by atoms with Crippen molar-refractivity contribution in [1.29, 1.82) is 0 Å². The van der Waals surface area contributed by atoms with E-state index in [1.54, 1.807) is 0 Å². The highest BCUT2D eigenvalue weighted by molar-refractivity contribution is 6.30. The minimum absolute atomic E-state index is 0.532. The third-order valence-corrected chi connectivity index (χ3v) is 4.78. The summed E-state index contributed by atoms with van der Waals surface area (Å²) in [6, 6.07) is 6.61. The number of fused-ring (bicyclic) bond motifs is 2. The molecule has 0 spiro atoms. The number of rotatable bonds is 3. The van der Waals surface area contributed by atoms with Gasteiger partial charge in [-0.1, -0.05) is 23.8 Å². The molecule has 1 N–H and O–H groups in total. The summed E-state index contributed by atoms with van der Waals surface area (Å²) in [5.41, 5.74) is 2.45. The normalized spacial score (nSPS) is 30.7. The predicted octanol–water partition coefficient (Wildman–Crippen LogP) is 4.66. The molecular weight excluding hydrogens is 242 g/mol. The van der Waals surface area contributed by atoms with Gasteiger partial charge in [0, 0.05) is 16.8 Å². The molecule has 3 rings (SSSR count). The van der Waals surface area contributed by atoms with E-state index in [1.165, 1.54) is 24.1 Å². The Labute approximate surface area is 114 Å². The zero-order valence-corrected chi connectivity index (χ0v) is 11.7. The molecule has 0 saturated heterocycles. The van der Waals surface area contributed by atoms with Crippen LogP contribution in [0.3, 0.4) is 0 Å². The highest BCUT2D eigenvalue weighted by atomic mass is 35.5. The van der Waals surface area contributed by atoms with Crippen molar-refractivity contribution in [3.8, 4) is 0 Å². The maximum atomic E-state index is 6.00. The van der Waals surface area contributed by atoms with Gasteiger partial charge in [-0.2, -0.15) is 0 Å². The van der Waals surface area contributed by atoms with Crippen molar-refractivity contribution in [2.75, 3.05) is 5.32 Å². The first-order valence-electron chi connectivity index (χ1n) is 6.84. The lowest BCUT2D eigenvalue weighted by atomic mass is 9.87. The molecule has 1 aromatic rings. The van der Waals surface area contributed by atoms with Gasteiger partial charge in [0.15, 0.2) is 0 Å². The second kappa shape index (κ2) is 4.62. The fraction of sp³-hybridized carbons (Fsp3) is 0.500. The number of benzene rings is 1. The van der Waals surface area contributed by atoms with Gasteiger partial charge in [-0.15, -0.1) is 0 Å². The van der Waals surface area contributed by atoms with Crippen LogP contribution in [0.4, 0.5) is 5.69 Å². The Balaban J connectivity index is 1.71. The zero-order chi connectivity index (χ0) is 12.7. The van der Waals surface area contributed by atoms with Crippen molar-refractivity contribution < 1.29 is 0 Å². The van der Waals surface area contributed by atoms with Gasteiger partial charge in [0.1, 0.15) is 0 Å². The molecule has 4 atom stereocenters. The molecule has 2 bridgehead atoms. The van der Waals surface area contributed by atoms with E-state index >= 15 is 0 Å². The topological polar surface area (TPSA) is 12.0 Å². The Hall–Kier alpha value is -0.950. The predicted molar refractivity (Wildman–Crippen MR) is 78.1 cm³/mol. The number of hydrogen-bond donors (Lipinski definition) is 1. The Morgan fingerprint density at radius 1 is 1.28 bits per heavy atom. The fourth-order valence-corrected chi connectivity index (χ4v) is 3.77. The summed E-state index contributed by atoms with van der Waals surface area (Å²) in [7, 11) is 0. The molecule has 0 amide bonds. The van der Waals surface area contributed by atoms with E-state index in [0.717, 1.165) is 22.8 Å².